The molecule has 0 bridgehead atoms. The monoisotopic (exact) mass is 254 g/mol. The Morgan fingerprint density at radius 3 is 2.67 bits per heavy atom. The lowest BCUT2D eigenvalue weighted by molar-refractivity contribution is -0.182. The fourth-order valence-corrected chi connectivity index (χ4v) is 2.82. The summed E-state index contributed by atoms with van der Waals surface area (Å²) in [6.45, 7) is 8.17. The Morgan fingerprint density at radius 2 is 2.06 bits per heavy atom. The third-order valence-corrected chi connectivity index (χ3v) is 3.88. The molecule has 1 saturated heterocycles. The van der Waals surface area contributed by atoms with Crippen LogP contribution in [0.1, 0.15) is 40.5 Å². The van der Waals surface area contributed by atoms with Crippen molar-refractivity contribution in [3.63, 3.8) is 0 Å². The predicted molar refractivity (Wildman–Crippen MR) is 66.9 cm³/mol. The Balaban J connectivity index is 2.29. The fourth-order valence-electron chi connectivity index (χ4n) is 2.82. The van der Waals surface area contributed by atoms with E-state index in [0.717, 1.165) is 12.8 Å². The summed E-state index contributed by atoms with van der Waals surface area (Å²) in [5.74, 6) is 0.105. The zero-order valence-electron chi connectivity index (χ0n) is 11.8. The molecule has 0 N–H and O–H groups in total. The quantitative estimate of drug-likeness (QED) is 0.674. The number of esters is 1. The highest BCUT2D eigenvalue weighted by Crippen LogP contribution is 2.43. The van der Waals surface area contributed by atoms with E-state index >= 15 is 0 Å². The molecule has 0 spiro atoms. The van der Waals surface area contributed by atoms with Gasteiger partial charge in [-0.3, -0.25) is 0 Å². The molecule has 2 rings (SSSR count). The minimum Gasteiger partial charge on any atom is -0.480 e. The fraction of sp³-hybridized carbons (Fsp3) is 0.786. The average molecular weight is 254 g/mol. The van der Waals surface area contributed by atoms with Crippen LogP contribution in [0, 0.1) is 5.92 Å². The third kappa shape index (κ3) is 2.39. The molecule has 0 aromatic heterocycles. The Bertz CT molecular complexity index is 381. The van der Waals surface area contributed by atoms with Crippen molar-refractivity contribution >= 4 is 5.97 Å². The minimum absolute atomic E-state index is 0.0772. The van der Waals surface area contributed by atoms with Crippen molar-refractivity contribution in [2.24, 2.45) is 5.92 Å². The number of hydrogen-bond acceptors (Lipinski definition) is 4. The van der Waals surface area contributed by atoms with Crippen LogP contribution in [-0.2, 0) is 19.0 Å². The van der Waals surface area contributed by atoms with E-state index in [4.69, 9.17) is 14.2 Å². The molecule has 4 heteroatoms. The molecule has 0 aromatic rings. The summed E-state index contributed by atoms with van der Waals surface area (Å²) >= 11 is 0. The molecule has 2 heterocycles. The van der Waals surface area contributed by atoms with Crippen molar-refractivity contribution in [3.8, 4) is 0 Å². The summed E-state index contributed by atoms with van der Waals surface area (Å²) in [5.41, 5.74) is -0.550. The van der Waals surface area contributed by atoms with Gasteiger partial charge in [0.25, 0.3) is 0 Å². The predicted octanol–water partition coefficient (Wildman–Crippen LogP) is 2.43. The molecule has 0 radical (unpaired) electrons. The second-order valence-corrected chi connectivity index (χ2v) is 6.22. The maximum atomic E-state index is 11.6. The SMILES string of the molecule is COC(=O)C1=C[C@@H]2OC(C)(C)CC[C@H]2C(C)(C)O1. The van der Waals surface area contributed by atoms with Gasteiger partial charge in [-0.05, 0) is 46.6 Å². The van der Waals surface area contributed by atoms with Gasteiger partial charge in [-0.25, -0.2) is 4.79 Å². The van der Waals surface area contributed by atoms with E-state index in [2.05, 4.69) is 13.8 Å². The molecule has 0 saturated carbocycles. The van der Waals surface area contributed by atoms with Crippen LogP contribution in [0.3, 0.4) is 0 Å². The zero-order valence-corrected chi connectivity index (χ0v) is 11.8. The van der Waals surface area contributed by atoms with Crippen LogP contribution in [0.4, 0.5) is 0 Å². The molecule has 1 fully saturated rings. The second kappa shape index (κ2) is 4.26. The molecular formula is C14H22O4. The van der Waals surface area contributed by atoms with Crippen molar-refractivity contribution in [1.82, 2.24) is 0 Å². The summed E-state index contributed by atoms with van der Waals surface area (Å²) in [7, 11) is 1.36. The lowest BCUT2D eigenvalue weighted by Crippen LogP contribution is -2.52. The van der Waals surface area contributed by atoms with E-state index in [1.54, 1.807) is 6.08 Å². The van der Waals surface area contributed by atoms with Crippen LogP contribution in [0.15, 0.2) is 11.8 Å². The zero-order chi connectivity index (χ0) is 13.6. The van der Waals surface area contributed by atoms with Crippen molar-refractivity contribution in [2.75, 3.05) is 7.11 Å². The molecule has 2 aliphatic heterocycles. The third-order valence-electron chi connectivity index (χ3n) is 3.88. The van der Waals surface area contributed by atoms with Gasteiger partial charge < -0.3 is 14.2 Å². The number of carbonyl (C=O) groups excluding carboxylic acids is 1. The minimum atomic E-state index is -0.437. The first kappa shape index (κ1) is 13.4. The van der Waals surface area contributed by atoms with E-state index in [0.29, 0.717) is 0 Å². The van der Waals surface area contributed by atoms with E-state index in [1.165, 1.54) is 7.11 Å². The maximum Gasteiger partial charge on any atom is 0.373 e. The number of rotatable bonds is 1. The van der Waals surface area contributed by atoms with Gasteiger partial charge >= 0.3 is 5.97 Å². The van der Waals surface area contributed by atoms with Crippen molar-refractivity contribution in [3.05, 3.63) is 11.8 Å². The lowest BCUT2D eigenvalue weighted by Gasteiger charge is -2.48. The number of hydrogen-bond donors (Lipinski definition) is 0. The Kier molecular flexibility index (Phi) is 3.18. The largest absolute Gasteiger partial charge is 0.480 e. The van der Waals surface area contributed by atoms with Crippen LogP contribution in [0.25, 0.3) is 0 Å². The van der Waals surface area contributed by atoms with Gasteiger partial charge in [0.2, 0.25) is 5.76 Å². The van der Waals surface area contributed by atoms with Gasteiger partial charge in [-0.2, -0.15) is 0 Å². The van der Waals surface area contributed by atoms with Gasteiger partial charge in [0.1, 0.15) is 5.60 Å². The first-order chi connectivity index (χ1) is 8.25. The standard InChI is InChI=1S/C14H22O4/c1-13(2)7-6-9-10(17-13)8-11(12(15)16-5)18-14(9,3)4/h8-10H,6-7H2,1-5H3/t9-,10+/m1/s1. The van der Waals surface area contributed by atoms with Gasteiger partial charge in [0.15, 0.2) is 0 Å². The van der Waals surface area contributed by atoms with Gasteiger partial charge in [0.05, 0.1) is 18.8 Å². The van der Waals surface area contributed by atoms with Gasteiger partial charge in [-0.1, -0.05) is 0 Å². The van der Waals surface area contributed by atoms with E-state index < -0.39 is 11.6 Å². The summed E-state index contributed by atoms with van der Waals surface area (Å²) < 4.78 is 16.6. The Morgan fingerprint density at radius 1 is 1.39 bits per heavy atom. The Labute approximate surface area is 108 Å². The van der Waals surface area contributed by atoms with E-state index in [1.807, 2.05) is 13.8 Å². The maximum absolute atomic E-state index is 11.6. The summed E-state index contributed by atoms with van der Waals surface area (Å²) in [4.78, 5) is 11.6. The van der Waals surface area contributed by atoms with Crippen molar-refractivity contribution < 1.29 is 19.0 Å². The molecule has 18 heavy (non-hydrogen) atoms. The van der Waals surface area contributed by atoms with Crippen LogP contribution in [0.2, 0.25) is 0 Å². The molecule has 0 unspecified atom stereocenters. The molecule has 2 atom stereocenters. The molecule has 102 valence electrons. The first-order valence-electron chi connectivity index (χ1n) is 6.42. The van der Waals surface area contributed by atoms with Crippen LogP contribution in [0.5, 0.6) is 0 Å². The molecule has 2 aliphatic rings. The van der Waals surface area contributed by atoms with Crippen molar-refractivity contribution in [1.29, 1.82) is 0 Å². The molecule has 0 aliphatic carbocycles. The first-order valence-corrected chi connectivity index (χ1v) is 6.42. The highest BCUT2D eigenvalue weighted by atomic mass is 16.6. The Hall–Kier alpha value is -1.03. The molecule has 0 aromatic carbocycles. The number of fused-ring (bicyclic) bond motifs is 1. The molecule has 0 amide bonds. The van der Waals surface area contributed by atoms with Crippen LogP contribution < -0.4 is 0 Å². The van der Waals surface area contributed by atoms with Gasteiger partial charge in [-0.15, -0.1) is 0 Å². The topological polar surface area (TPSA) is 44.8 Å². The van der Waals surface area contributed by atoms with Gasteiger partial charge in [0, 0.05) is 5.92 Å². The van der Waals surface area contributed by atoms with E-state index in [-0.39, 0.29) is 23.4 Å². The lowest BCUT2D eigenvalue weighted by atomic mass is 9.76. The summed E-state index contributed by atoms with van der Waals surface area (Å²) in [5, 5.41) is 0. The second-order valence-electron chi connectivity index (χ2n) is 6.22. The summed E-state index contributed by atoms with van der Waals surface area (Å²) in [6, 6.07) is 0. The average Bonchev–Trinajstić information content (AvgIpc) is 2.24. The normalized spacial score (nSPS) is 32.8. The summed E-state index contributed by atoms with van der Waals surface area (Å²) in [6.07, 6.45) is 3.73. The number of carbonyl (C=O) groups is 1. The smallest absolute Gasteiger partial charge is 0.373 e. The number of ether oxygens (including phenoxy) is 3. The van der Waals surface area contributed by atoms with Crippen LogP contribution in [-0.4, -0.2) is 30.4 Å². The van der Waals surface area contributed by atoms with Crippen LogP contribution >= 0.6 is 0 Å². The highest BCUT2D eigenvalue weighted by Gasteiger charge is 2.47. The van der Waals surface area contributed by atoms with Crippen molar-refractivity contribution in [2.45, 2.75) is 57.8 Å². The highest BCUT2D eigenvalue weighted by molar-refractivity contribution is 5.86. The van der Waals surface area contributed by atoms with E-state index in [9.17, 15) is 4.79 Å². The molecule has 4 nitrogen and oxygen atoms in total. The molecular weight excluding hydrogens is 232 g/mol. The number of methoxy groups -OCH3 is 1.